The van der Waals surface area contributed by atoms with Gasteiger partial charge < -0.3 is 10.6 Å². The van der Waals surface area contributed by atoms with Crippen molar-refractivity contribution in [3.05, 3.63) is 0 Å². The van der Waals surface area contributed by atoms with Crippen LogP contribution in [0, 0.1) is 5.92 Å². The van der Waals surface area contributed by atoms with E-state index in [0.717, 1.165) is 13.1 Å². The molecule has 0 spiro atoms. The van der Waals surface area contributed by atoms with Crippen LogP contribution in [0.3, 0.4) is 0 Å². The van der Waals surface area contributed by atoms with Crippen LogP contribution in [0.1, 0.15) is 40.0 Å². The van der Waals surface area contributed by atoms with Crippen molar-refractivity contribution in [3.8, 4) is 0 Å². The molecule has 0 radical (unpaired) electrons. The molecule has 1 heterocycles. The van der Waals surface area contributed by atoms with E-state index in [1.165, 1.54) is 12.8 Å². The Morgan fingerprint density at radius 3 is 2.43 bits per heavy atom. The average Bonchev–Trinajstić information content (AvgIpc) is 2.41. The topological polar surface area (TPSA) is 39.7 Å². The number of hydrogen-bond donors (Lipinski definition) is 2. The van der Waals surface area contributed by atoms with Crippen molar-refractivity contribution in [2.24, 2.45) is 10.9 Å². The number of piperidine rings is 1. The van der Waals surface area contributed by atoms with E-state index in [0.29, 0.717) is 18.4 Å². The molecule has 23 heavy (non-hydrogen) atoms. The highest BCUT2D eigenvalue weighted by Crippen LogP contribution is 2.23. The zero-order valence-electron chi connectivity index (χ0n) is 14.5. The molecule has 1 saturated heterocycles. The highest BCUT2D eigenvalue weighted by atomic mass is 127. The predicted molar refractivity (Wildman–Crippen MR) is 99.5 cm³/mol. The van der Waals surface area contributed by atoms with E-state index in [1.807, 2.05) is 0 Å². The summed E-state index contributed by atoms with van der Waals surface area (Å²) in [6, 6.07) is 0. The summed E-state index contributed by atoms with van der Waals surface area (Å²) in [5, 5.41) is 5.85. The van der Waals surface area contributed by atoms with Gasteiger partial charge in [0.15, 0.2) is 5.96 Å². The van der Waals surface area contributed by atoms with Gasteiger partial charge in [0.2, 0.25) is 0 Å². The van der Waals surface area contributed by atoms with Crippen LogP contribution in [0.25, 0.3) is 0 Å². The van der Waals surface area contributed by atoms with Crippen LogP contribution < -0.4 is 10.6 Å². The van der Waals surface area contributed by atoms with Crippen LogP contribution in [0.5, 0.6) is 0 Å². The van der Waals surface area contributed by atoms with Crippen molar-refractivity contribution in [2.45, 2.75) is 51.7 Å². The van der Waals surface area contributed by atoms with Gasteiger partial charge in [0.25, 0.3) is 0 Å². The fourth-order valence-corrected chi connectivity index (χ4v) is 2.69. The third kappa shape index (κ3) is 8.97. The number of nitrogens with one attached hydrogen (secondary N) is 2. The van der Waals surface area contributed by atoms with Crippen molar-refractivity contribution >= 4 is 29.9 Å². The number of likely N-dealkylation sites (tertiary alicyclic amines) is 1. The van der Waals surface area contributed by atoms with Gasteiger partial charge in [0.1, 0.15) is 0 Å². The number of halogens is 4. The van der Waals surface area contributed by atoms with Crippen molar-refractivity contribution in [3.63, 3.8) is 0 Å². The van der Waals surface area contributed by atoms with Gasteiger partial charge in [-0.2, -0.15) is 13.2 Å². The number of nitrogens with zero attached hydrogens (tertiary/aromatic N) is 2. The molecule has 0 bridgehead atoms. The summed E-state index contributed by atoms with van der Waals surface area (Å²) in [5.41, 5.74) is -0.0592. The van der Waals surface area contributed by atoms with Crippen LogP contribution in [-0.4, -0.2) is 55.8 Å². The molecule has 0 aromatic rings. The summed E-state index contributed by atoms with van der Waals surface area (Å²) < 4.78 is 36.5. The second kappa shape index (κ2) is 9.90. The maximum atomic E-state index is 12.2. The van der Waals surface area contributed by atoms with E-state index in [4.69, 9.17) is 0 Å². The minimum atomic E-state index is -4.14. The lowest BCUT2D eigenvalue weighted by Gasteiger charge is -2.43. The van der Waals surface area contributed by atoms with Crippen LogP contribution in [0.4, 0.5) is 13.2 Å². The predicted octanol–water partition coefficient (Wildman–Crippen LogP) is 3.23. The largest absolute Gasteiger partial charge is 0.390 e. The Balaban J connectivity index is 0.00000484. The first kappa shape index (κ1) is 22.8. The van der Waals surface area contributed by atoms with E-state index >= 15 is 0 Å². The summed E-state index contributed by atoms with van der Waals surface area (Å²) in [7, 11) is 1.57. The SMILES string of the molecule is CN=C(NCCC(F)(F)F)NCC(C)(C)N1CCCC(C)C1.I. The number of rotatable bonds is 5. The summed E-state index contributed by atoms with van der Waals surface area (Å²) in [6.45, 7) is 9.18. The zero-order valence-corrected chi connectivity index (χ0v) is 16.8. The molecule has 138 valence electrons. The van der Waals surface area contributed by atoms with Crippen molar-refractivity contribution in [1.82, 2.24) is 15.5 Å². The lowest BCUT2D eigenvalue weighted by molar-refractivity contribution is -0.132. The smallest absolute Gasteiger partial charge is 0.356 e. The summed E-state index contributed by atoms with van der Waals surface area (Å²) in [5.74, 6) is 1.11. The Labute approximate surface area is 154 Å². The molecule has 8 heteroatoms. The number of alkyl halides is 3. The Kier molecular flexibility index (Phi) is 9.80. The lowest BCUT2D eigenvalue weighted by Crippen LogP contribution is -2.56. The Hall–Kier alpha value is -0.250. The maximum Gasteiger partial charge on any atom is 0.390 e. The third-order valence-electron chi connectivity index (χ3n) is 4.13. The molecule has 1 unspecified atom stereocenters. The van der Waals surface area contributed by atoms with Crippen LogP contribution in [0.2, 0.25) is 0 Å². The van der Waals surface area contributed by atoms with Gasteiger partial charge in [-0.25, -0.2) is 0 Å². The normalized spacial score (nSPS) is 20.8. The molecule has 2 N–H and O–H groups in total. The fourth-order valence-electron chi connectivity index (χ4n) is 2.69. The van der Waals surface area contributed by atoms with Crippen LogP contribution in [-0.2, 0) is 0 Å². The van der Waals surface area contributed by atoms with E-state index in [2.05, 4.69) is 41.3 Å². The second-order valence-corrected chi connectivity index (χ2v) is 6.72. The minimum absolute atomic E-state index is 0. The molecule has 0 aliphatic carbocycles. The molecular weight excluding hydrogens is 420 g/mol. The molecule has 1 rings (SSSR count). The first-order chi connectivity index (χ1) is 10.1. The molecule has 0 aromatic heterocycles. The highest BCUT2D eigenvalue weighted by molar-refractivity contribution is 14.0. The van der Waals surface area contributed by atoms with Crippen molar-refractivity contribution < 1.29 is 13.2 Å². The summed E-state index contributed by atoms with van der Waals surface area (Å²) in [6.07, 6.45) is -2.54. The van der Waals surface area contributed by atoms with Crippen LogP contribution in [0.15, 0.2) is 4.99 Å². The zero-order chi connectivity index (χ0) is 16.8. The van der Waals surface area contributed by atoms with E-state index < -0.39 is 12.6 Å². The van der Waals surface area contributed by atoms with E-state index in [1.54, 1.807) is 7.05 Å². The average molecular weight is 450 g/mol. The van der Waals surface area contributed by atoms with Crippen molar-refractivity contribution in [2.75, 3.05) is 33.2 Å². The summed E-state index contributed by atoms with van der Waals surface area (Å²) in [4.78, 5) is 6.42. The van der Waals surface area contributed by atoms with Gasteiger partial charge in [0.05, 0.1) is 6.42 Å². The standard InChI is InChI=1S/C15H29F3N4.HI/c1-12-6-5-9-22(10-12)14(2,3)11-21-13(19-4)20-8-7-15(16,17)18;/h12H,5-11H2,1-4H3,(H2,19,20,21);1H. The van der Waals surface area contributed by atoms with E-state index in [-0.39, 0.29) is 36.1 Å². The quantitative estimate of drug-likeness (QED) is 0.384. The van der Waals surface area contributed by atoms with E-state index in [9.17, 15) is 13.2 Å². The van der Waals surface area contributed by atoms with Gasteiger partial charge >= 0.3 is 6.18 Å². The van der Waals surface area contributed by atoms with Crippen molar-refractivity contribution in [1.29, 1.82) is 0 Å². The second-order valence-electron chi connectivity index (χ2n) is 6.72. The van der Waals surface area contributed by atoms with Gasteiger partial charge in [-0.1, -0.05) is 6.92 Å². The number of hydrogen-bond acceptors (Lipinski definition) is 2. The highest BCUT2D eigenvalue weighted by Gasteiger charge is 2.30. The number of aliphatic imine (C=N–C) groups is 1. The Bertz CT molecular complexity index is 372. The molecule has 1 aliphatic heterocycles. The Morgan fingerprint density at radius 1 is 1.26 bits per heavy atom. The molecule has 0 amide bonds. The molecule has 0 aromatic carbocycles. The first-order valence-electron chi connectivity index (χ1n) is 7.90. The number of guanidine groups is 1. The monoisotopic (exact) mass is 450 g/mol. The molecule has 1 fully saturated rings. The molecule has 1 atom stereocenters. The van der Waals surface area contributed by atoms with Crippen LogP contribution >= 0.6 is 24.0 Å². The lowest BCUT2D eigenvalue weighted by atomic mass is 9.93. The third-order valence-corrected chi connectivity index (χ3v) is 4.13. The Morgan fingerprint density at radius 2 is 1.91 bits per heavy atom. The minimum Gasteiger partial charge on any atom is -0.356 e. The first-order valence-corrected chi connectivity index (χ1v) is 7.90. The van der Waals surface area contributed by atoms with Gasteiger partial charge in [-0.15, -0.1) is 24.0 Å². The fraction of sp³-hybridized carbons (Fsp3) is 0.933. The van der Waals surface area contributed by atoms with Gasteiger partial charge in [-0.3, -0.25) is 9.89 Å². The summed E-state index contributed by atoms with van der Waals surface area (Å²) >= 11 is 0. The molecule has 4 nitrogen and oxygen atoms in total. The maximum absolute atomic E-state index is 12.2. The molecular formula is C15H30F3IN4. The molecule has 1 aliphatic rings. The van der Waals surface area contributed by atoms with Gasteiger partial charge in [-0.05, 0) is 39.2 Å². The van der Waals surface area contributed by atoms with Gasteiger partial charge in [0, 0.05) is 32.2 Å². The molecule has 0 saturated carbocycles.